The van der Waals surface area contributed by atoms with Crippen molar-refractivity contribution in [3.63, 3.8) is 0 Å². The second-order valence-corrected chi connectivity index (χ2v) is 5.24. The number of hydrazine groups is 1. The molecule has 0 bridgehead atoms. The lowest BCUT2D eigenvalue weighted by molar-refractivity contribution is -0.136. The highest BCUT2D eigenvalue weighted by Crippen LogP contribution is 2.15. The highest BCUT2D eigenvalue weighted by molar-refractivity contribution is 7.91. The van der Waals surface area contributed by atoms with E-state index < -0.39 is 28.0 Å². The maximum Gasteiger partial charge on any atom is 0.304 e. The fraction of sp³-hybridized carbons (Fsp3) is 0.222. The summed E-state index contributed by atoms with van der Waals surface area (Å²) in [6.07, 6.45) is -0.404. The molecule has 96 valence electrons. The van der Waals surface area contributed by atoms with Crippen molar-refractivity contribution < 1.29 is 18.3 Å². The van der Waals surface area contributed by atoms with Gasteiger partial charge in [-0.05, 0) is 24.3 Å². The SMILES string of the molecule is Cl.NNc1ccc(S(=O)(=O)CCC(=O)O)cc1. The van der Waals surface area contributed by atoms with Gasteiger partial charge in [0.05, 0.1) is 17.1 Å². The highest BCUT2D eigenvalue weighted by Gasteiger charge is 2.15. The summed E-state index contributed by atoms with van der Waals surface area (Å²) >= 11 is 0. The van der Waals surface area contributed by atoms with Gasteiger partial charge >= 0.3 is 5.97 Å². The minimum Gasteiger partial charge on any atom is -0.481 e. The average Bonchev–Trinajstić information content (AvgIpc) is 2.27. The van der Waals surface area contributed by atoms with Crippen LogP contribution in [0.25, 0.3) is 0 Å². The van der Waals surface area contributed by atoms with Gasteiger partial charge in [-0.2, -0.15) is 0 Å². The van der Waals surface area contributed by atoms with Gasteiger partial charge in [0.1, 0.15) is 0 Å². The van der Waals surface area contributed by atoms with Crippen LogP contribution in [0.5, 0.6) is 0 Å². The van der Waals surface area contributed by atoms with Crippen LogP contribution >= 0.6 is 12.4 Å². The lowest BCUT2D eigenvalue weighted by Gasteiger charge is -2.04. The van der Waals surface area contributed by atoms with Crippen molar-refractivity contribution in [1.82, 2.24) is 0 Å². The number of carboxylic acid groups (broad SMARTS) is 1. The summed E-state index contributed by atoms with van der Waals surface area (Å²) in [5.41, 5.74) is 2.95. The molecule has 0 aliphatic rings. The summed E-state index contributed by atoms with van der Waals surface area (Å²) in [6.45, 7) is 0. The van der Waals surface area contributed by atoms with Crippen LogP contribution in [-0.4, -0.2) is 25.2 Å². The molecule has 0 aromatic heterocycles. The minimum atomic E-state index is -3.53. The molecular weight excluding hydrogens is 268 g/mol. The number of nitrogen functional groups attached to an aromatic ring is 1. The van der Waals surface area contributed by atoms with Crippen molar-refractivity contribution in [2.24, 2.45) is 5.84 Å². The number of nitrogens with one attached hydrogen (secondary N) is 1. The fourth-order valence-corrected chi connectivity index (χ4v) is 2.33. The molecule has 4 N–H and O–H groups in total. The van der Waals surface area contributed by atoms with Gasteiger partial charge < -0.3 is 10.5 Å². The van der Waals surface area contributed by atoms with E-state index in [1.807, 2.05) is 0 Å². The van der Waals surface area contributed by atoms with Crippen molar-refractivity contribution in [2.45, 2.75) is 11.3 Å². The number of anilines is 1. The van der Waals surface area contributed by atoms with Crippen LogP contribution < -0.4 is 11.3 Å². The summed E-state index contributed by atoms with van der Waals surface area (Å²) < 4.78 is 23.2. The number of hydrogen-bond donors (Lipinski definition) is 3. The van der Waals surface area contributed by atoms with E-state index in [4.69, 9.17) is 10.9 Å². The largest absolute Gasteiger partial charge is 0.481 e. The van der Waals surface area contributed by atoms with E-state index in [2.05, 4.69) is 5.43 Å². The summed E-state index contributed by atoms with van der Waals surface area (Å²) in [6, 6.07) is 5.78. The zero-order valence-corrected chi connectivity index (χ0v) is 10.4. The van der Waals surface area contributed by atoms with E-state index in [9.17, 15) is 13.2 Å². The molecule has 0 fully saturated rings. The zero-order chi connectivity index (χ0) is 12.2. The molecule has 0 amide bonds. The van der Waals surface area contributed by atoms with Crippen molar-refractivity contribution in [1.29, 1.82) is 0 Å². The lowest BCUT2D eigenvalue weighted by atomic mass is 10.3. The predicted molar refractivity (Wildman–Crippen MR) is 65.8 cm³/mol. The van der Waals surface area contributed by atoms with Crippen LogP contribution in [0.15, 0.2) is 29.2 Å². The molecule has 1 rings (SSSR count). The van der Waals surface area contributed by atoms with Crippen molar-refractivity contribution in [3.8, 4) is 0 Å². The first-order valence-corrected chi connectivity index (χ1v) is 6.12. The van der Waals surface area contributed by atoms with Gasteiger partial charge in [-0.3, -0.25) is 10.6 Å². The Labute approximate surface area is 105 Å². The first-order valence-electron chi connectivity index (χ1n) is 4.47. The number of rotatable bonds is 5. The third kappa shape index (κ3) is 4.59. The van der Waals surface area contributed by atoms with E-state index in [1.54, 1.807) is 0 Å². The summed E-state index contributed by atoms with van der Waals surface area (Å²) in [4.78, 5) is 10.4. The Bertz CT molecular complexity index is 472. The van der Waals surface area contributed by atoms with Gasteiger partial charge in [0, 0.05) is 5.69 Å². The molecule has 1 aromatic rings. The molecule has 8 heteroatoms. The second kappa shape index (κ2) is 6.43. The maximum atomic E-state index is 11.6. The molecule has 17 heavy (non-hydrogen) atoms. The van der Waals surface area contributed by atoms with Gasteiger partial charge in [-0.15, -0.1) is 12.4 Å². The molecule has 0 aliphatic carbocycles. The van der Waals surface area contributed by atoms with E-state index in [0.29, 0.717) is 5.69 Å². The van der Waals surface area contributed by atoms with Gasteiger partial charge in [0.25, 0.3) is 0 Å². The van der Waals surface area contributed by atoms with Gasteiger partial charge in [0.2, 0.25) is 0 Å². The molecule has 1 aromatic carbocycles. The normalized spacial score (nSPS) is 10.4. The molecule has 0 aliphatic heterocycles. The van der Waals surface area contributed by atoms with Crippen LogP contribution in [0, 0.1) is 0 Å². The Hall–Kier alpha value is -1.31. The van der Waals surface area contributed by atoms with E-state index >= 15 is 0 Å². The topological polar surface area (TPSA) is 109 Å². The first-order chi connectivity index (χ1) is 7.45. The van der Waals surface area contributed by atoms with Crippen molar-refractivity contribution in [2.75, 3.05) is 11.2 Å². The molecule has 0 radical (unpaired) electrons. The quantitative estimate of drug-likeness (QED) is 0.539. The molecule has 0 saturated heterocycles. The van der Waals surface area contributed by atoms with E-state index in [1.165, 1.54) is 24.3 Å². The number of aliphatic carboxylic acids is 1. The standard InChI is InChI=1S/C9H12N2O4S.ClH/c10-11-7-1-3-8(4-2-7)16(14,15)6-5-9(12)13;/h1-4,11H,5-6,10H2,(H,12,13);1H. The van der Waals surface area contributed by atoms with Gasteiger partial charge in [0.15, 0.2) is 9.84 Å². The second-order valence-electron chi connectivity index (χ2n) is 3.13. The molecule has 0 heterocycles. The van der Waals surface area contributed by atoms with Crippen molar-refractivity contribution in [3.05, 3.63) is 24.3 Å². The molecule has 0 unspecified atom stereocenters. The first kappa shape index (κ1) is 15.7. The third-order valence-corrected chi connectivity index (χ3v) is 3.70. The van der Waals surface area contributed by atoms with Crippen LogP contribution in [0.2, 0.25) is 0 Å². The molecule has 0 spiro atoms. The Morgan fingerprint density at radius 2 is 1.82 bits per heavy atom. The average molecular weight is 281 g/mol. The molecule has 6 nitrogen and oxygen atoms in total. The number of sulfone groups is 1. The van der Waals surface area contributed by atoms with Crippen LogP contribution in [0.3, 0.4) is 0 Å². The Morgan fingerprint density at radius 1 is 1.29 bits per heavy atom. The number of carbonyl (C=O) groups is 1. The van der Waals surface area contributed by atoms with E-state index in [-0.39, 0.29) is 17.3 Å². The minimum absolute atomic E-state index is 0. The van der Waals surface area contributed by atoms with E-state index in [0.717, 1.165) is 0 Å². The summed E-state index contributed by atoms with van der Waals surface area (Å²) in [5.74, 6) is 3.59. The third-order valence-electron chi connectivity index (χ3n) is 1.96. The Morgan fingerprint density at radius 3 is 2.24 bits per heavy atom. The number of hydrogen-bond acceptors (Lipinski definition) is 5. The monoisotopic (exact) mass is 280 g/mol. The Balaban J connectivity index is 0.00000256. The molecular formula is C9H13ClN2O4S. The number of benzene rings is 1. The smallest absolute Gasteiger partial charge is 0.304 e. The lowest BCUT2D eigenvalue weighted by Crippen LogP contribution is -2.11. The van der Waals surface area contributed by atoms with Crippen LogP contribution in [0.1, 0.15) is 6.42 Å². The fourth-order valence-electron chi connectivity index (χ4n) is 1.10. The van der Waals surface area contributed by atoms with Crippen LogP contribution in [0.4, 0.5) is 5.69 Å². The Kier molecular flexibility index (Phi) is 5.94. The molecule has 0 saturated carbocycles. The maximum absolute atomic E-state index is 11.6. The van der Waals surface area contributed by atoms with Crippen LogP contribution in [-0.2, 0) is 14.6 Å². The number of halogens is 1. The zero-order valence-electron chi connectivity index (χ0n) is 8.79. The summed E-state index contributed by atoms with van der Waals surface area (Å²) in [7, 11) is -3.53. The summed E-state index contributed by atoms with van der Waals surface area (Å²) in [5, 5.41) is 8.41. The predicted octanol–water partition coefficient (Wildman–Crippen LogP) is 0.642. The van der Waals surface area contributed by atoms with Gasteiger partial charge in [-0.1, -0.05) is 0 Å². The van der Waals surface area contributed by atoms with Gasteiger partial charge in [-0.25, -0.2) is 8.42 Å². The highest BCUT2D eigenvalue weighted by atomic mass is 35.5. The number of nitrogens with two attached hydrogens (primary N) is 1. The number of carboxylic acids is 1. The van der Waals surface area contributed by atoms with Crippen molar-refractivity contribution >= 4 is 33.9 Å². The molecule has 0 atom stereocenters.